The van der Waals surface area contributed by atoms with Crippen LogP contribution in [-0.2, 0) is 10.0 Å². The molecule has 0 amide bonds. The standard InChI is InChI=1S/C10H14Cl2N2O2S/c1-14(2)6-5-13-17(15,16)8-3-4-9(11)10(12)7-8/h3-4,7,13H,5-6H2,1-2H3/p+1. The fourth-order valence-corrected chi connectivity index (χ4v) is 2.58. The Morgan fingerprint density at radius 1 is 1.24 bits per heavy atom. The number of hydrogen-bond acceptors (Lipinski definition) is 2. The number of nitrogens with one attached hydrogen (secondary N) is 2. The molecular formula is C10H15Cl2N2O2S+. The van der Waals surface area contributed by atoms with Crippen molar-refractivity contribution in [1.29, 1.82) is 0 Å². The normalized spacial score (nSPS) is 12.1. The summed E-state index contributed by atoms with van der Waals surface area (Å²) in [5.41, 5.74) is 0. The minimum absolute atomic E-state index is 0.126. The van der Waals surface area contributed by atoms with E-state index in [0.717, 1.165) is 0 Å². The fraction of sp³-hybridized carbons (Fsp3) is 0.400. The molecule has 0 heterocycles. The summed E-state index contributed by atoms with van der Waals surface area (Å²) in [6.07, 6.45) is 0. The van der Waals surface area contributed by atoms with Crippen LogP contribution in [0.25, 0.3) is 0 Å². The van der Waals surface area contributed by atoms with E-state index in [-0.39, 0.29) is 9.92 Å². The summed E-state index contributed by atoms with van der Waals surface area (Å²) >= 11 is 11.5. The summed E-state index contributed by atoms with van der Waals surface area (Å²) in [6.45, 7) is 1.09. The van der Waals surface area contributed by atoms with E-state index < -0.39 is 10.0 Å². The minimum Gasteiger partial charge on any atom is -0.339 e. The SMILES string of the molecule is C[NH+](C)CCNS(=O)(=O)c1ccc(Cl)c(Cl)c1. The Bertz CT molecular complexity index is 489. The minimum atomic E-state index is -3.50. The third kappa shape index (κ3) is 4.44. The average molecular weight is 298 g/mol. The van der Waals surface area contributed by atoms with Crippen molar-refractivity contribution in [3.05, 3.63) is 28.2 Å². The van der Waals surface area contributed by atoms with Crippen LogP contribution < -0.4 is 9.62 Å². The monoisotopic (exact) mass is 297 g/mol. The number of hydrogen-bond donors (Lipinski definition) is 2. The molecular weight excluding hydrogens is 283 g/mol. The summed E-state index contributed by atoms with van der Waals surface area (Å²) in [5.74, 6) is 0. The highest BCUT2D eigenvalue weighted by atomic mass is 35.5. The Morgan fingerprint density at radius 3 is 2.41 bits per heavy atom. The Morgan fingerprint density at radius 2 is 1.88 bits per heavy atom. The first-order chi connectivity index (χ1) is 7.83. The molecule has 17 heavy (non-hydrogen) atoms. The van der Waals surface area contributed by atoms with Gasteiger partial charge < -0.3 is 4.90 Å². The average Bonchev–Trinajstić information content (AvgIpc) is 2.21. The van der Waals surface area contributed by atoms with Gasteiger partial charge in [0.2, 0.25) is 10.0 Å². The second-order valence-corrected chi connectivity index (χ2v) is 6.51. The van der Waals surface area contributed by atoms with Crippen molar-refractivity contribution in [2.45, 2.75) is 4.90 Å². The molecule has 0 aliphatic carbocycles. The summed E-state index contributed by atoms with van der Waals surface area (Å²) in [5, 5.41) is 0.566. The quantitative estimate of drug-likeness (QED) is 0.827. The molecule has 0 spiro atoms. The van der Waals surface area contributed by atoms with Gasteiger partial charge in [-0.2, -0.15) is 0 Å². The number of likely N-dealkylation sites (N-methyl/N-ethyl adjacent to an activating group) is 1. The van der Waals surface area contributed by atoms with Gasteiger partial charge in [-0.05, 0) is 18.2 Å². The van der Waals surface area contributed by atoms with Gasteiger partial charge in [-0.15, -0.1) is 0 Å². The van der Waals surface area contributed by atoms with Gasteiger partial charge in [-0.1, -0.05) is 23.2 Å². The van der Waals surface area contributed by atoms with Crippen molar-refractivity contribution in [2.24, 2.45) is 0 Å². The maximum Gasteiger partial charge on any atom is 0.240 e. The maximum absolute atomic E-state index is 11.9. The third-order valence-corrected chi connectivity index (χ3v) is 4.32. The van der Waals surface area contributed by atoms with Crippen LogP contribution >= 0.6 is 23.2 Å². The zero-order chi connectivity index (χ0) is 13.1. The van der Waals surface area contributed by atoms with Crippen molar-refractivity contribution in [3.63, 3.8) is 0 Å². The van der Waals surface area contributed by atoms with Gasteiger partial charge in [0.15, 0.2) is 0 Å². The van der Waals surface area contributed by atoms with Crippen LogP contribution in [0.3, 0.4) is 0 Å². The Kier molecular flexibility index (Phi) is 5.22. The van der Waals surface area contributed by atoms with Gasteiger partial charge in [-0.3, -0.25) is 0 Å². The lowest BCUT2D eigenvalue weighted by Crippen LogP contribution is -3.06. The number of benzene rings is 1. The largest absolute Gasteiger partial charge is 0.339 e. The lowest BCUT2D eigenvalue weighted by Gasteiger charge is -2.09. The second-order valence-electron chi connectivity index (χ2n) is 3.93. The highest BCUT2D eigenvalue weighted by molar-refractivity contribution is 7.89. The second kappa shape index (κ2) is 6.02. The molecule has 0 saturated heterocycles. The van der Waals surface area contributed by atoms with Crippen LogP contribution in [0.15, 0.2) is 23.1 Å². The molecule has 7 heteroatoms. The number of sulfonamides is 1. The number of quaternary nitrogens is 1. The van der Waals surface area contributed by atoms with E-state index in [0.29, 0.717) is 18.1 Å². The zero-order valence-electron chi connectivity index (χ0n) is 9.63. The molecule has 0 aliphatic rings. The van der Waals surface area contributed by atoms with E-state index in [1.54, 1.807) is 0 Å². The topological polar surface area (TPSA) is 50.6 Å². The molecule has 96 valence electrons. The third-order valence-electron chi connectivity index (χ3n) is 2.12. The molecule has 0 saturated carbocycles. The first-order valence-corrected chi connectivity index (χ1v) is 7.30. The lowest BCUT2D eigenvalue weighted by molar-refractivity contribution is -0.856. The van der Waals surface area contributed by atoms with Crippen molar-refractivity contribution >= 4 is 33.2 Å². The number of rotatable bonds is 5. The molecule has 1 aromatic carbocycles. The Hall–Kier alpha value is -0.330. The van der Waals surface area contributed by atoms with Gasteiger partial charge >= 0.3 is 0 Å². The van der Waals surface area contributed by atoms with Crippen LogP contribution in [0.2, 0.25) is 10.0 Å². The molecule has 0 aromatic heterocycles. The van der Waals surface area contributed by atoms with Crippen molar-refractivity contribution in [2.75, 3.05) is 27.2 Å². The van der Waals surface area contributed by atoms with Gasteiger partial charge in [-0.25, -0.2) is 13.1 Å². The van der Waals surface area contributed by atoms with E-state index in [2.05, 4.69) is 4.72 Å². The molecule has 2 N–H and O–H groups in total. The molecule has 4 nitrogen and oxygen atoms in total. The van der Waals surface area contributed by atoms with Gasteiger partial charge in [0.05, 0.1) is 42.1 Å². The van der Waals surface area contributed by atoms with Crippen molar-refractivity contribution in [1.82, 2.24) is 4.72 Å². The highest BCUT2D eigenvalue weighted by Gasteiger charge is 2.15. The van der Waals surface area contributed by atoms with Crippen LogP contribution in [0.5, 0.6) is 0 Å². The number of halogens is 2. The predicted molar refractivity (Wildman–Crippen MR) is 69.3 cm³/mol. The summed E-state index contributed by atoms with van der Waals surface area (Å²) in [4.78, 5) is 1.29. The van der Waals surface area contributed by atoms with Crippen molar-refractivity contribution in [3.8, 4) is 0 Å². The van der Waals surface area contributed by atoms with Crippen LogP contribution in [0.1, 0.15) is 0 Å². The Balaban J connectivity index is 2.79. The van der Waals surface area contributed by atoms with Gasteiger partial charge in [0.1, 0.15) is 0 Å². The highest BCUT2D eigenvalue weighted by Crippen LogP contribution is 2.24. The molecule has 1 aromatic rings. The molecule has 0 radical (unpaired) electrons. The lowest BCUT2D eigenvalue weighted by atomic mass is 10.4. The summed E-state index contributed by atoms with van der Waals surface area (Å²) in [7, 11) is 0.402. The molecule has 1 rings (SSSR count). The molecule has 0 fully saturated rings. The maximum atomic E-state index is 11.9. The zero-order valence-corrected chi connectivity index (χ0v) is 12.0. The van der Waals surface area contributed by atoms with E-state index >= 15 is 0 Å². The summed E-state index contributed by atoms with van der Waals surface area (Å²) < 4.78 is 26.2. The van der Waals surface area contributed by atoms with Gasteiger partial charge in [0, 0.05) is 0 Å². The summed E-state index contributed by atoms with van der Waals surface area (Å²) in [6, 6.07) is 4.24. The fourth-order valence-electron chi connectivity index (χ4n) is 1.16. The van der Waals surface area contributed by atoms with E-state index in [1.807, 2.05) is 14.1 Å². The first kappa shape index (κ1) is 14.7. The van der Waals surface area contributed by atoms with Crippen LogP contribution in [0, 0.1) is 0 Å². The smallest absolute Gasteiger partial charge is 0.240 e. The molecule has 0 bridgehead atoms. The molecule has 0 unspecified atom stereocenters. The van der Waals surface area contributed by atoms with E-state index in [1.165, 1.54) is 23.1 Å². The van der Waals surface area contributed by atoms with Gasteiger partial charge in [0.25, 0.3) is 0 Å². The van der Waals surface area contributed by atoms with Crippen LogP contribution in [0.4, 0.5) is 0 Å². The Labute approximate surface area is 112 Å². The van der Waals surface area contributed by atoms with E-state index in [4.69, 9.17) is 23.2 Å². The first-order valence-electron chi connectivity index (χ1n) is 5.06. The van der Waals surface area contributed by atoms with Crippen LogP contribution in [-0.4, -0.2) is 35.6 Å². The molecule has 0 aliphatic heterocycles. The molecule has 0 atom stereocenters. The van der Waals surface area contributed by atoms with Crippen molar-refractivity contribution < 1.29 is 13.3 Å². The predicted octanol–water partition coefficient (Wildman–Crippen LogP) is 0.416. The van der Waals surface area contributed by atoms with E-state index in [9.17, 15) is 8.42 Å².